The smallest absolute Gasteiger partial charge is 0.225 e. The van der Waals surface area contributed by atoms with Crippen molar-refractivity contribution in [2.24, 2.45) is 17.8 Å². The lowest BCUT2D eigenvalue weighted by atomic mass is 9.92. The zero-order valence-corrected chi connectivity index (χ0v) is 21.4. The molecule has 0 bridgehead atoms. The quantitative estimate of drug-likeness (QED) is 0.234. The van der Waals surface area contributed by atoms with Crippen LogP contribution in [-0.4, -0.2) is 42.9 Å². The van der Waals surface area contributed by atoms with Gasteiger partial charge in [0.25, 0.3) is 0 Å². The van der Waals surface area contributed by atoms with Crippen molar-refractivity contribution in [3.63, 3.8) is 0 Å². The number of thiazole rings is 1. The fourth-order valence-corrected chi connectivity index (χ4v) is 6.15. The number of para-hydroxylation sites is 1. The lowest BCUT2D eigenvalue weighted by molar-refractivity contribution is 0.191. The van der Waals surface area contributed by atoms with Crippen LogP contribution in [0.25, 0.3) is 20.8 Å². The van der Waals surface area contributed by atoms with Crippen LogP contribution in [0.5, 0.6) is 11.5 Å². The Morgan fingerprint density at radius 2 is 1.75 bits per heavy atom. The minimum atomic E-state index is 0.000201. The number of aromatic nitrogens is 3. The number of aryl methyl sites for hydroxylation is 1. The molecule has 0 saturated heterocycles. The van der Waals surface area contributed by atoms with E-state index in [1.807, 2.05) is 25.1 Å². The first-order valence-corrected chi connectivity index (χ1v) is 13.0. The van der Waals surface area contributed by atoms with E-state index in [9.17, 15) is 15.3 Å². The molecule has 0 amide bonds. The molecular weight excluding hydrogens is 474 g/mol. The molecule has 1 aliphatic rings. The van der Waals surface area contributed by atoms with Gasteiger partial charge in [0.1, 0.15) is 22.3 Å². The Kier molecular flexibility index (Phi) is 6.68. The van der Waals surface area contributed by atoms with Crippen molar-refractivity contribution >= 4 is 33.3 Å². The molecule has 0 spiro atoms. The summed E-state index contributed by atoms with van der Waals surface area (Å²) in [5, 5.41) is 37.2. The van der Waals surface area contributed by atoms with Gasteiger partial charge in [0.05, 0.1) is 21.5 Å². The number of anilines is 2. The number of nitrogens with one attached hydrogen (secondary N) is 2. The van der Waals surface area contributed by atoms with E-state index < -0.39 is 0 Å². The molecule has 188 valence electrons. The highest BCUT2D eigenvalue weighted by Gasteiger charge is 2.38. The molecule has 2 aromatic heterocycles. The molecule has 0 unspecified atom stereocenters. The van der Waals surface area contributed by atoms with Crippen molar-refractivity contribution in [3.05, 3.63) is 53.7 Å². The summed E-state index contributed by atoms with van der Waals surface area (Å²) in [6.45, 7) is 6.89. The maximum atomic E-state index is 9.85. The second kappa shape index (κ2) is 9.91. The molecule has 4 atom stereocenters. The van der Waals surface area contributed by atoms with Gasteiger partial charge in [-0.3, -0.25) is 0 Å². The highest BCUT2D eigenvalue weighted by molar-refractivity contribution is 7.21. The summed E-state index contributed by atoms with van der Waals surface area (Å²) in [5.41, 5.74) is 3.33. The van der Waals surface area contributed by atoms with E-state index in [2.05, 4.69) is 30.5 Å². The molecule has 1 aliphatic carbocycles. The number of nitrogens with zero attached hydrogens (tertiary/aromatic N) is 3. The van der Waals surface area contributed by atoms with Gasteiger partial charge in [-0.1, -0.05) is 26.0 Å². The van der Waals surface area contributed by atoms with Crippen molar-refractivity contribution in [1.29, 1.82) is 0 Å². The van der Waals surface area contributed by atoms with E-state index in [0.717, 1.165) is 32.9 Å². The first-order chi connectivity index (χ1) is 17.3. The lowest BCUT2D eigenvalue weighted by Crippen LogP contribution is -2.25. The number of benzene rings is 2. The summed E-state index contributed by atoms with van der Waals surface area (Å²) >= 11 is 1.62. The van der Waals surface area contributed by atoms with Gasteiger partial charge in [-0.15, -0.1) is 11.3 Å². The minimum absolute atomic E-state index is 0.000201. The molecular formula is C27H31N5O3S. The van der Waals surface area contributed by atoms with Crippen LogP contribution in [-0.2, 0) is 6.54 Å². The Morgan fingerprint density at radius 1 is 1.00 bits per heavy atom. The molecule has 5 rings (SSSR count). The molecule has 5 N–H and O–H groups in total. The average molecular weight is 506 g/mol. The molecule has 8 nitrogen and oxygen atoms in total. The molecule has 4 aromatic rings. The van der Waals surface area contributed by atoms with Crippen LogP contribution >= 0.6 is 11.3 Å². The second-order valence-corrected chi connectivity index (χ2v) is 10.7. The minimum Gasteiger partial charge on any atom is -0.508 e. The zero-order valence-electron chi connectivity index (χ0n) is 20.6. The number of aliphatic hydroxyl groups is 1. The number of phenols is 2. The zero-order chi connectivity index (χ0) is 25.4. The summed E-state index contributed by atoms with van der Waals surface area (Å²) in [4.78, 5) is 14.4. The molecule has 1 fully saturated rings. The highest BCUT2D eigenvalue weighted by atomic mass is 32.1. The van der Waals surface area contributed by atoms with Crippen LogP contribution < -0.4 is 10.6 Å². The van der Waals surface area contributed by atoms with E-state index >= 15 is 0 Å². The van der Waals surface area contributed by atoms with Gasteiger partial charge in [-0.2, -0.15) is 4.98 Å². The van der Waals surface area contributed by atoms with E-state index in [0.29, 0.717) is 35.7 Å². The molecule has 1 saturated carbocycles. The van der Waals surface area contributed by atoms with Crippen molar-refractivity contribution in [2.75, 3.05) is 17.2 Å². The number of aliphatic hydroxyl groups excluding tert-OH is 1. The number of aromatic hydroxyl groups is 2. The van der Waals surface area contributed by atoms with E-state index in [1.54, 1.807) is 23.5 Å². The van der Waals surface area contributed by atoms with Crippen molar-refractivity contribution in [2.45, 2.75) is 39.8 Å². The Hall–Kier alpha value is -3.43. The van der Waals surface area contributed by atoms with Crippen LogP contribution in [0.1, 0.15) is 31.5 Å². The van der Waals surface area contributed by atoms with Gasteiger partial charge in [-0.25, -0.2) is 9.97 Å². The maximum Gasteiger partial charge on any atom is 0.225 e. The first-order valence-electron chi connectivity index (χ1n) is 12.2. The summed E-state index contributed by atoms with van der Waals surface area (Å²) < 4.78 is 1.10. The number of rotatable bonds is 7. The molecule has 2 aromatic carbocycles. The van der Waals surface area contributed by atoms with Gasteiger partial charge < -0.3 is 26.0 Å². The Labute approximate surface area is 214 Å². The largest absolute Gasteiger partial charge is 0.508 e. The molecule has 36 heavy (non-hydrogen) atoms. The SMILES string of the molecule is Cc1nc(NCc2cc(O)cc(O)c2)nc(N[C@@H]2C[C@H](CO)[C@@H](C)[C@H]2C)c1-c1nc2ccccc2s1. The number of hydrogen-bond donors (Lipinski definition) is 5. The fourth-order valence-electron chi connectivity index (χ4n) is 5.09. The Balaban J connectivity index is 1.51. The van der Waals surface area contributed by atoms with Gasteiger partial charge in [-0.05, 0) is 60.9 Å². The molecule has 9 heteroatoms. The predicted octanol–water partition coefficient (Wildman–Crippen LogP) is 5.15. The predicted molar refractivity (Wildman–Crippen MR) is 143 cm³/mol. The third kappa shape index (κ3) is 4.81. The third-order valence-electron chi connectivity index (χ3n) is 7.33. The average Bonchev–Trinajstić information content (AvgIpc) is 3.38. The summed E-state index contributed by atoms with van der Waals surface area (Å²) in [7, 11) is 0. The van der Waals surface area contributed by atoms with Crippen LogP contribution in [0.2, 0.25) is 0 Å². The van der Waals surface area contributed by atoms with Crippen LogP contribution in [0.3, 0.4) is 0 Å². The maximum absolute atomic E-state index is 9.85. The normalized spacial score (nSPS) is 21.7. The first kappa shape index (κ1) is 24.3. The summed E-state index contributed by atoms with van der Waals surface area (Å²) in [6.07, 6.45) is 0.868. The van der Waals surface area contributed by atoms with E-state index in [4.69, 9.17) is 15.0 Å². The van der Waals surface area contributed by atoms with Gasteiger partial charge in [0.15, 0.2) is 0 Å². The van der Waals surface area contributed by atoms with Crippen molar-refractivity contribution in [3.8, 4) is 22.1 Å². The topological polar surface area (TPSA) is 123 Å². The summed E-state index contributed by atoms with van der Waals surface area (Å²) in [5.74, 6) is 2.18. The lowest BCUT2D eigenvalue weighted by Gasteiger charge is -2.22. The second-order valence-electron chi connectivity index (χ2n) is 9.70. The van der Waals surface area contributed by atoms with Gasteiger partial charge in [0, 0.05) is 25.3 Å². The Bertz CT molecular complexity index is 1340. The van der Waals surface area contributed by atoms with Crippen molar-refractivity contribution in [1.82, 2.24) is 15.0 Å². The van der Waals surface area contributed by atoms with Gasteiger partial charge >= 0.3 is 0 Å². The number of fused-ring (bicyclic) bond motifs is 1. The molecule has 2 heterocycles. The third-order valence-corrected chi connectivity index (χ3v) is 8.39. The van der Waals surface area contributed by atoms with Crippen molar-refractivity contribution < 1.29 is 15.3 Å². The van der Waals surface area contributed by atoms with Crippen LogP contribution in [0.15, 0.2) is 42.5 Å². The monoisotopic (exact) mass is 505 g/mol. The number of hydrogen-bond acceptors (Lipinski definition) is 9. The molecule has 0 radical (unpaired) electrons. The van der Waals surface area contributed by atoms with Crippen LogP contribution in [0.4, 0.5) is 11.8 Å². The van der Waals surface area contributed by atoms with E-state index in [1.165, 1.54) is 6.07 Å². The molecule has 0 aliphatic heterocycles. The summed E-state index contributed by atoms with van der Waals surface area (Å²) in [6, 6.07) is 12.7. The standard InChI is InChI=1S/C27H31N5O3S/c1-14-15(2)22(10-18(14)13-33)30-25-24(26-31-21-6-4-5-7-23(21)36-26)16(3)29-27(32-25)28-12-17-8-19(34)11-20(35)9-17/h4-9,11,14-15,18,22,33-35H,10,12-13H2,1-3H3,(H2,28,29,30,32)/t14-,15+,18+,22+/m0/s1. The van der Waals surface area contributed by atoms with Gasteiger partial charge in [0.2, 0.25) is 5.95 Å². The van der Waals surface area contributed by atoms with Crippen LogP contribution in [0, 0.1) is 24.7 Å². The number of phenolic OH excluding ortho intramolecular Hbond substituents is 2. The highest BCUT2D eigenvalue weighted by Crippen LogP contribution is 2.41. The van der Waals surface area contributed by atoms with E-state index in [-0.39, 0.29) is 30.1 Å². The fraction of sp³-hybridized carbons (Fsp3) is 0.370. The Morgan fingerprint density at radius 3 is 2.44 bits per heavy atom.